The van der Waals surface area contributed by atoms with Crippen LogP contribution in [0.15, 0.2) is 45.5 Å². The summed E-state index contributed by atoms with van der Waals surface area (Å²) in [5.41, 5.74) is 0.949. The molecule has 0 aliphatic carbocycles. The zero-order valence-electron chi connectivity index (χ0n) is 11.2. The van der Waals surface area contributed by atoms with Gasteiger partial charge in [0.25, 0.3) is 5.91 Å². The van der Waals surface area contributed by atoms with Gasteiger partial charge in [0.05, 0.1) is 6.04 Å². The van der Waals surface area contributed by atoms with Gasteiger partial charge in [0.1, 0.15) is 0 Å². The summed E-state index contributed by atoms with van der Waals surface area (Å²) in [7, 11) is 0. The first-order chi connectivity index (χ1) is 10.2. The monoisotopic (exact) mass is 368 g/mol. The van der Waals surface area contributed by atoms with Crippen molar-refractivity contribution in [3.63, 3.8) is 0 Å². The van der Waals surface area contributed by atoms with E-state index in [1.54, 1.807) is 12.1 Å². The molecule has 0 saturated carbocycles. The molecule has 2 heterocycles. The third-order valence-corrected chi connectivity index (χ3v) is 4.32. The number of nitrogens with zero attached hydrogens (tertiary/aromatic N) is 1. The highest BCUT2D eigenvalue weighted by molar-refractivity contribution is 9.10. The average molecular weight is 370 g/mol. The van der Waals surface area contributed by atoms with E-state index in [4.69, 9.17) is 16.0 Å². The summed E-state index contributed by atoms with van der Waals surface area (Å²) in [5, 5.41) is 3.98. The van der Waals surface area contributed by atoms with Crippen molar-refractivity contribution in [1.29, 1.82) is 0 Å². The van der Waals surface area contributed by atoms with E-state index in [-0.39, 0.29) is 11.9 Å². The fraction of sp³-hybridized carbons (Fsp3) is 0.267. The van der Waals surface area contributed by atoms with Gasteiger partial charge >= 0.3 is 0 Å². The maximum Gasteiger partial charge on any atom is 0.290 e. The zero-order valence-corrected chi connectivity index (χ0v) is 13.5. The molecule has 1 atom stereocenters. The Kier molecular flexibility index (Phi) is 4.33. The second kappa shape index (κ2) is 6.22. The van der Waals surface area contributed by atoms with Gasteiger partial charge in [0, 0.05) is 24.7 Å². The number of nitrogens with one attached hydrogen (secondary N) is 1. The highest BCUT2D eigenvalue weighted by Crippen LogP contribution is 2.30. The van der Waals surface area contributed by atoms with Crippen molar-refractivity contribution in [1.82, 2.24) is 10.2 Å². The normalized spacial score (nSPS) is 18.8. The van der Waals surface area contributed by atoms with E-state index in [0.717, 1.165) is 12.1 Å². The number of benzene rings is 1. The minimum absolute atomic E-state index is 0.0937. The van der Waals surface area contributed by atoms with E-state index in [2.05, 4.69) is 21.2 Å². The Balaban J connectivity index is 1.92. The third kappa shape index (κ3) is 3.00. The number of hydrogen-bond acceptors (Lipinski definition) is 3. The summed E-state index contributed by atoms with van der Waals surface area (Å²) in [6.07, 6.45) is 0. The molecule has 1 unspecified atom stereocenters. The molecule has 0 radical (unpaired) electrons. The SMILES string of the molecule is O=C(c1ccc(Br)o1)N1CCNCC1c1ccccc1Cl. The fourth-order valence-electron chi connectivity index (χ4n) is 2.54. The standard InChI is InChI=1S/C15H14BrClN2O2/c16-14-6-5-13(21-14)15(20)19-8-7-18-9-12(19)10-3-1-2-4-11(10)17/h1-6,12,18H,7-9H2. The Labute approximate surface area is 136 Å². The van der Waals surface area contributed by atoms with E-state index in [0.29, 0.717) is 28.5 Å². The number of amides is 1. The summed E-state index contributed by atoms with van der Waals surface area (Å²) >= 11 is 9.51. The number of halogens is 2. The van der Waals surface area contributed by atoms with Crippen molar-refractivity contribution in [2.75, 3.05) is 19.6 Å². The first-order valence-electron chi connectivity index (χ1n) is 6.68. The third-order valence-electron chi connectivity index (χ3n) is 3.55. The van der Waals surface area contributed by atoms with Crippen molar-refractivity contribution >= 4 is 33.4 Å². The Morgan fingerprint density at radius 2 is 2.14 bits per heavy atom. The maximum absolute atomic E-state index is 12.6. The molecule has 21 heavy (non-hydrogen) atoms. The first-order valence-corrected chi connectivity index (χ1v) is 7.85. The summed E-state index contributed by atoms with van der Waals surface area (Å²) in [5.74, 6) is 0.216. The topological polar surface area (TPSA) is 45.5 Å². The second-order valence-electron chi connectivity index (χ2n) is 4.84. The summed E-state index contributed by atoms with van der Waals surface area (Å²) in [6.45, 7) is 2.05. The molecular formula is C15H14BrClN2O2. The van der Waals surface area contributed by atoms with E-state index in [1.807, 2.05) is 29.2 Å². The largest absolute Gasteiger partial charge is 0.444 e. The lowest BCUT2D eigenvalue weighted by atomic mass is 10.0. The first kappa shape index (κ1) is 14.6. The zero-order chi connectivity index (χ0) is 14.8. The maximum atomic E-state index is 12.6. The molecule has 6 heteroatoms. The van der Waals surface area contributed by atoms with E-state index in [1.165, 1.54) is 0 Å². The lowest BCUT2D eigenvalue weighted by Gasteiger charge is -2.36. The van der Waals surface area contributed by atoms with Crippen molar-refractivity contribution in [2.45, 2.75) is 6.04 Å². The molecule has 1 aromatic carbocycles. The Bertz CT molecular complexity index is 659. The predicted octanol–water partition coefficient (Wildman–Crippen LogP) is 3.48. The lowest BCUT2D eigenvalue weighted by Crippen LogP contribution is -2.48. The molecule has 2 aromatic rings. The van der Waals surface area contributed by atoms with Crippen LogP contribution in [0, 0.1) is 0 Å². The second-order valence-corrected chi connectivity index (χ2v) is 6.03. The van der Waals surface area contributed by atoms with Crippen LogP contribution >= 0.6 is 27.5 Å². The summed E-state index contributed by atoms with van der Waals surface area (Å²) in [4.78, 5) is 14.5. The lowest BCUT2D eigenvalue weighted by molar-refractivity contribution is 0.0600. The van der Waals surface area contributed by atoms with Crippen LogP contribution < -0.4 is 5.32 Å². The number of carbonyl (C=O) groups excluding carboxylic acids is 1. The van der Waals surface area contributed by atoms with E-state index in [9.17, 15) is 4.79 Å². The minimum atomic E-state index is -0.118. The van der Waals surface area contributed by atoms with Gasteiger partial charge in [-0.2, -0.15) is 0 Å². The molecule has 110 valence electrons. The Morgan fingerprint density at radius 1 is 1.33 bits per heavy atom. The molecule has 0 spiro atoms. The molecule has 1 aromatic heterocycles. The van der Waals surface area contributed by atoms with Gasteiger partial charge in [-0.1, -0.05) is 29.8 Å². The quantitative estimate of drug-likeness (QED) is 0.881. The summed E-state index contributed by atoms with van der Waals surface area (Å²) < 4.78 is 5.94. The molecule has 1 saturated heterocycles. The average Bonchev–Trinajstić information content (AvgIpc) is 2.94. The number of hydrogen-bond donors (Lipinski definition) is 1. The Morgan fingerprint density at radius 3 is 2.86 bits per heavy atom. The van der Waals surface area contributed by atoms with Crippen molar-refractivity contribution in [3.8, 4) is 0 Å². The fourth-order valence-corrected chi connectivity index (χ4v) is 3.11. The van der Waals surface area contributed by atoms with Crippen LogP contribution in [0.25, 0.3) is 0 Å². The Hall–Kier alpha value is -1.30. The van der Waals surface area contributed by atoms with Crippen LogP contribution in [0.3, 0.4) is 0 Å². The van der Waals surface area contributed by atoms with Crippen molar-refractivity contribution in [3.05, 3.63) is 57.4 Å². The van der Waals surface area contributed by atoms with E-state index >= 15 is 0 Å². The molecule has 1 aliphatic heterocycles. The van der Waals surface area contributed by atoms with E-state index < -0.39 is 0 Å². The molecule has 3 rings (SSSR count). The molecular weight excluding hydrogens is 356 g/mol. The molecule has 0 bridgehead atoms. The molecule has 1 fully saturated rings. The van der Waals surface area contributed by atoms with Crippen LogP contribution in [0.4, 0.5) is 0 Å². The van der Waals surface area contributed by atoms with Crippen LogP contribution in [-0.4, -0.2) is 30.4 Å². The van der Waals surface area contributed by atoms with Gasteiger partial charge in [-0.25, -0.2) is 0 Å². The number of furan rings is 1. The van der Waals surface area contributed by atoms with Gasteiger partial charge in [-0.15, -0.1) is 0 Å². The highest BCUT2D eigenvalue weighted by atomic mass is 79.9. The predicted molar refractivity (Wildman–Crippen MR) is 84.5 cm³/mol. The van der Waals surface area contributed by atoms with Gasteiger partial charge in [0.15, 0.2) is 10.4 Å². The number of rotatable bonds is 2. The summed E-state index contributed by atoms with van der Waals surface area (Å²) in [6, 6.07) is 10.9. The van der Waals surface area contributed by atoms with Gasteiger partial charge in [-0.05, 0) is 39.7 Å². The minimum Gasteiger partial charge on any atom is -0.444 e. The number of piperazine rings is 1. The van der Waals surface area contributed by atoms with Gasteiger partial charge in [-0.3, -0.25) is 4.79 Å². The smallest absolute Gasteiger partial charge is 0.290 e. The van der Waals surface area contributed by atoms with Crippen LogP contribution in [0.1, 0.15) is 22.2 Å². The van der Waals surface area contributed by atoms with Crippen LogP contribution in [-0.2, 0) is 0 Å². The van der Waals surface area contributed by atoms with Crippen molar-refractivity contribution < 1.29 is 9.21 Å². The number of carbonyl (C=O) groups is 1. The molecule has 1 N–H and O–H groups in total. The van der Waals surface area contributed by atoms with Crippen LogP contribution in [0.2, 0.25) is 5.02 Å². The van der Waals surface area contributed by atoms with Crippen molar-refractivity contribution in [2.24, 2.45) is 0 Å². The molecule has 4 nitrogen and oxygen atoms in total. The molecule has 1 amide bonds. The highest BCUT2D eigenvalue weighted by Gasteiger charge is 2.31. The van der Waals surface area contributed by atoms with Crippen LogP contribution in [0.5, 0.6) is 0 Å². The van der Waals surface area contributed by atoms with Gasteiger partial charge < -0.3 is 14.6 Å². The molecule has 1 aliphatic rings. The van der Waals surface area contributed by atoms with Gasteiger partial charge in [0.2, 0.25) is 0 Å².